The minimum atomic E-state index is -0.827. The Morgan fingerprint density at radius 3 is 2.44 bits per heavy atom. The van der Waals surface area contributed by atoms with E-state index in [2.05, 4.69) is 18.3 Å². The van der Waals surface area contributed by atoms with E-state index in [9.17, 15) is 10.1 Å². The summed E-state index contributed by atoms with van der Waals surface area (Å²) in [5.74, 6) is 0.118. The lowest BCUT2D eigenvalue weighted by atomic mass is 9.98. The standard InChI is InChI=1S/C20H22N2O3/c1-4-14-5-7-17(8-6-14)22-20(23)16(13-21)11-15-12-18(24-2)9-10-19(15)25-3/h5-10,12,16H,4,11H2,1-3H3,(H,22,23)/t16-/m0/s1. The molecule has 0 unspecified atom stereocenters. The molecule has 0 aliphatic heterocycles. The molecule has 5 nitrogen and oxygen atoms in total. The Labute approximate surface area is 148 Å². The third-order valence-corrected chi connectivity index (χ3v) is 4.01. The van der Waals surface area contributed by atoms with Crippen molar-refractivity contribution in [2.45, 2.75) is 19.8 Å². The van der Waals surface area contributed by atoms with E-state index in [1.807, 2.05) is 24.3 Å². The van der Waals surface area contributed by atoms with Crippen molar-refractivity contribution in [3.63, 3.8) is 0 Å². The predicted octanol–water partition coefficient (Wildman–Crippen LogP) is 3.59. The van der Waals surface area contributed by atoms with E-state index >= 15 is 0 Å². The summed E-state index contributed by atoms with van der Waals surface area (Å²) in [5, 5.41) is 12.2. The Morgan fingerprint density at radius 2 is 1.88 bits per heavy atom. The Hall–Kier alpha value is -3.00. The zero-order valence-electron chi connectivity index (χ0n) is 14.7. The number of carbonyl (C=O) groups excluding carboxylic acids is 1. The molecule has 5 heteroatoms. The molecule has 1 N–H and O–H groups in total. The number of anilines is 1. The largest absolute Gasteiger partial charge is 0.497 e. The minimum absolute atomic E-state index is 0.246. The van der Waals surface area contributed by atoms with Gasteiger partial charge in [-0.05, 0) is 47.9 Å². The lowest BCUT2D eigenvalue weighted by Gasteiger charge is -2.14. The van der Waals surface area contributed by atoms with E-state index in [0.29, 0.717) is 17.2 Å². The third-order valence-electron chi connectivity index (χ3n) is 4.01. The number of hydrogen-bond donors (Lipinski definition) is 1. The van der Waals surface area contributed by atoms with Gasteiger partial charge in [-0.3, -0.25) is 4.79 Å². The molecule has 2 rings (SSSR count). The molecule has 0 spiro atoms. The summed E-state index contributed by atoms with van der Waals surface area (Å²) in [4.78, 5) is 12.5. The highest BCUT2D eigenvalue weighted by molar-refractivity contribution is 5.94. The highest BCUT2D eigenvalue weighted by Crippen LogP contribution is 2.26. The van der Waals surface area contributed by atoms with Gasteiger partial charge in [0.05, 0.1) is 20.3 Å². The molecule has 0 heterocycles. The number of carbonyl (C=O) groups is 1. The quantitative estimate of drug-likeness (QED) is 0.837. The van der Waals surface area contributed by atoms with E-state index in [1.165, 1.54) is 5.56 Å². The van der Waals surface area contributed by atoms with Crippen LogP contribution < -0.4 is 14.8 Å². The van der Waals surface area contributed by atoms with Gasteiger partial charge in [-0.1, -0.05) is 19.1 Å². The van der Waals surface area contributed by atoms with Crippen molar-refractivity contribution in [3.05, 3.63) is 53.6 Å². The molecule has 0 bridgehead atoms. The normalized spacial score (nSPS) is 11.3. The number of ether oxygens (including phenoxy) is 2. The summed E-state index contributed by atoms with van der Waals surface area (Å²) < 4.78 is 10.5. The maximum absolute atomic E-state index is 12.5. The zero-order valence-corrected chi connectivity index (χ0v) is 14.7. The first-order chi connectivity index (χ1) is 12.1. The zero-order chi connectivity index (χ0) is 18.2. The van der Waals surface area contributed by atoms with E-state index in [4.69, 9.17) is 9.47 Å². The fourth-order valence-electron chi connectivity index (χ4n) is 2.51. The minimum Gasteiger partial charge on any atom is -0.497 e. The summed E-state index contributed by atoms with van der Waals surface area (Å²) in [6.07, 6.45) is 1.18. The van der Waals surface area contributed by atoms with Gasteiger partial charge in [0.15, 0.2) is 0 Å². The Kier molecular flexibility index (Phi) is 6.41. The first-order valence-electron chi connectivity index (χ1n) is 8.11. The number of nitrogens with one attached hydrogen (secondary N) is 1. The Bertz CT molecular complexity index is 764. The fraction of sp³-hybridized carbons (Fsp3) is 0.300. The first-order valence-corrected chi connectivity index (χ1v) is 8.11. The fourth-order valence-corrected chi connectivity index (χ4v) is 2.51. The molecule has 0 aliphatic rings. The molecular formula is C20H22N2O3. The van der Waals surface area contributed by atoms with Crippen LogP contribution in [0.4, 0.5) is 5.69 Å². The van der Waals surface area contributed by atoms with Crippen molar-refractivity contribution < 1.29 is 14.3 Å². The number of nitrogens with zero attached hydrogens (tertiary/aromatic N) is 1. The van der Waals surface area contributed by atoms with Gasteiger partial charge in [-0.2, -0.15) is 5.26 Å². The van der Waals surface area contributed by atoms with Crippen LogP contribution in [0.15, 0.2) is 42.5 Å². The SMILES string of the molecule is CCc1ccc(NC(=O)[C@H](C#N)Cc2cc(OC)ccc2OC)cc1. The molecule has 0 radical (unpaired) electrons. The number of amides is 1. The van der Waals surface area contributed by atoms with Crippen LogP contribution in [0.3, 0.4) is 0 Å². The summed E-state index contributed by atoms with van der Waals surface area (Å²) >= 11 is 0. The number of rotatable bonds is 7. The van der Waals surface area contributed by atoms with Gasteiger partial charge in [0, 0.05) is 12.1 Å². The van der Waals surface area contributed by atoms with Gasteiger partial charge >= 0.3 is 0 Å². The molecule has 2 aromatic rings. The number of benzene rings is 2. The molecule has 0 aromatic heterocycles. The molecule has 1 atom stereocenters. The van der Waals surface area contributed by atoms with Crippen LogP contribution in [-0.4, -0.2) is 20.1 Å². The van der Waals surface area contributed by atoms with Crippen molar-refractivity contribution in [2.24, 2.45) is 5.92 Å². The molecule has 0 aliphatic carbocycles. The van der Waals surface area contributed by atoms with E-state index in [1.54, 1.807) is 32.4 Å². The maximum Gasteiger partial charge on any atom is 0.242 e. The number of methoxy groups -OCH3 is 2. The Morgan fingerprint density at radius 1 is 1.16 bits per heavy atom. The van der Waals surface area contributed by atoms with Crippen molar-refractivity contribution >= 4 is 11.6 Å². The number of hydrogen-bond acceptors (Lipinski definition) is 4. The molecule has 1 amide bonds. The van der Waals surface area contributed by atoms with Crippen LogP contribution in [0, 0.1) is 17.2 Å². The van der Waals surface area contributed by atoms with Crippen LogP contribution in [0.1, 0.15) is 18.1 Å². The third kappa shape index (κ3) is 4.74. The van der Waals surface area contributed by atoms with Crippen LogP contribution in [-0.2, 0) is 17.6 Å². The average molecular weight is 338 g/mol. The summed E-state index contributed by atoms with van der Waals surface area (Å²) in [7, 11) is 3.13. The van der Waals surface area contributed by atoms with Crippen molar-refractivity contribution in [1.82, 2.24) is 0 Å². The van der Waals surface area contributed by atoms with Crippen LogP contribution in [0.5, 0.6) is 11.5 Å². The lowest BCUT2D eigenvalue weighted by Crippen LogP contribution is -2.23. The molecule has 130 valence electrons. The van der Waals surface area contributed by atoms with E-state index < -0.39 is 5.92 Å². The van der Waals surface area contributed by atoms with Crippen LogP contribution in [0.25, 0.3) is 0 Å². The second-order valence-electron chi connectivity index (χ2n) is 5.60. The summed E-state index contributed by atoms with van der Waals surface area (Å²) in [6, 6.07) is 15.0. The van der Waals surface area contributed by atoms with Crippen molar-refractivity contribution in [2.75, 3.05) is 19.5 Å². The molecule has 2 aromatic carbocycles. The number of aryl methyl sites for hydroxylation is 1. The number of nitriles is 1. The van der Waals surface area contributed by atoms with Gasteiger partial charge in [0.25, 0.3) is 0 Å². The highest BCUT2D eigenvalue weighted by atomic mass is 16.5. The van der Waals surface area contributed by atoms with Gasteiger partial charge in [-0.15, -0.1) is 0 Å². The maximum atomic E-state index is 12.5. The molecule has 0 fully saturated rings. The first kappa shape index (κ1) is 18.3. The van der Waals surface area contributed by atoms with Crippen LogP contribution in [0.2, 0.25) is 0 Å². The second kappa shape index (κ2) is 8.74. The van der Waals surface area contributed by atoms with Crippen LogP contribution >= 0.6 is 0 Å². The molecular weight excluding hydrogens is 316 g/mol. The topological polar surface area (TPSA) is 71.4 Å². The highest BCUT2D eigenvalue weighted by Gasteiger charge is 2.21. The molecule has 0 saturated heterocycles. The van der Waals surface area contributed by atoms with Gasteiger partial charge in [0.2, 0.25) is 5.91 Å². The van der Waals surface area contributed by atoms with E-state index in [-0.39, 0.29) is 12.3 Å². The van der Waals surface area contributed by atoms with Gasteiger partial charge in [-0.25, -0.2) is 0 Å². The van der Waals surface area contributed by atoms with E-state index in [0.717, 1.165) is 12.0 Å². The monoisotopic (exact) mass is 338 g/mol. The van der Waals surface area contributed by atoms with Gasteiger partial charge < -0.3 is 14.8 Å². The molecule has 0 saturated carbocycles. The average Bonchev–Trinajstić information content (AvgIpc) is 2.66. The smallest absolute Gasteiger partial charge is 0.242 e. The van der Waals surface area contributed by atoms with Crippen molar-refractivity contribution in [1.29, 1.82) is 5.26 Å². The lowest BCUT2D eigenvalue weighted by molar-refractivity contribution is -0.118. The Balaban J connectivity index is 2.13. The predicted molar refractivity (Wildman–Crippen MR) is 96.8 cm³/mol. The van der Waals surface area contributed by atoms with Gasteiger partial charge in [0.1, 0.15) is 17.4 Å². The van der Waals surface area contributed by atoms with Crippen molar-refractivity contribution in [3.8, 4) is 17.6 Å². The molecule has 25 heavy (non-hydrogen) atoms. The second-order valence-corrected chi connectivity index (χ2v) is 5.60. The summed E-state index contributed by atoms with van der Waals surface area (Å²) in [5.41, 5.74) is 2.63. The summed E-state index contributed by atoms with van der Waals surface area (Å²) in [6.45, 7) is 2.07.